The van der Waals surface area contributed by atoms with Crippen LogP contribution in [0.3, 0.4) is 0 Å². The zero-order valence-corrected chi connectivity index (χ0v) is 19.2. The topological polar surface area (TPSA) is 107 Å². The predicted molar refractivity (Wildman–Crippen MR) is 137 cm³/mol. The number of rotatable bonds is 10. The molecule has 2 amide bonds. The van der Waals surface area contributed by atoms with E-state index in [1.54, 1.807) is 12.4 Å². The summed E-state index contributed by atoms with van der Waals surface area (Å²) in [4.78, 5) is 23.8. The quantitative estimate of drug-likeness (QED) is 0.277. The molecule has 0 radical (unpaired) electrons. The first-order chi connectivity index (χ1) is 16.5. The Morgan fingerprint density at radius 2 is 0.971 bits per heavy atom. The van der Waals surface area contributed by atoms with E-state index in [1.807, 2.05) is 86.6 Å². The first kappa shape index (κ1) is 24.2. The Morgan fingerprint density at radius 1 is 0.618 bits per heavy atom. The van der Waals surface area contributed by atoms with Gasteiger partial charge in [-0.25, -0.2) is 10.9 Å². The van der Waals surface area contributed by atoms with Crippen LogP contribution in [0.15, 0.2) is 83.0 Å². The van der Waals surface area contributed by atoms with E-state index < -0.39 is 0 Å². The van der Waals surface area contributed by atoms with Crippen LogP contribution < -0.4 is 21.5 Å². The minimum absolute atomic E-state index is 0.127. The molecule has 4 N–H and O–H groups in total. The fourth-order valence-electron chi connectivity index (χ4n) is 2.81. The van der Waals surface area contributed by atoms with E-state index in [9.17, 15) is 9.59 Å². The Hall–Kier alpha value is -4.46. The van der Waals surface area contributed by atoms with Gasteiger partial charge in [0.25, 0.3) is 11.8 Å². The molecular weight excluding hydrogens is 428 g/mol. The molecule has 0 saturated carbocycles. The summed E-state index contributed by atoms with van der Waals surface area (Å²) >= 11 is 0. The molecule has 0 heterocycles. The number of nitrogens with zero attached hydrogens (tertiary/aromatic N) is 2. The van der Waals surface area contributed by atoms with Crippen LogP contribution in [0.2, 0.25) is 0 Å². The Balaban J connectivity index is 1.36. The highest BCUT2D eigenvalue weighted by Crippen LogP contribution is 2.08. The summed E-state index contributed by atoms with van der Waals surface area (Å²) in [5, 5.41) is 14.0. The predicted octanol–water partition coefficient (Wildman–Crippen LogP) is 3.43. The second-order valence-electron chi connectivity index (χ2n) is 7.69. The third kappa shape index (κ3) is 8.58. The molecule has 0 saturated heterocycles. The number of anilines is 2. The molecule has 8 heteroatoms. The molecule has 3 aromatic carbocycles. The van der Waals surface area contributed by atoms with E-state index in [2.05, 4.69) is 31.7 Å². The molecule has 0 atom stereocenters. The Kier molecular flexibility index (Phi) is 8.92. The normalized spacial score (nSPS) is 10.9. The van der Waals surface area contributed by atoms with Crippen molar-refractivity contribution in [3.63, 3.8) is 0 Å². The summed E-state index contributed by atoms with van der Waals surface area (Å²) in [5.74, 6) is -0.485. The van der Waals surface area contributed by atoms with Crippen molar-refractivity contribution in [3.05, 3.63) is 95.1 Å². The number of carbonyl (C=O) groups is 2. The summed E-state index contributed by atoms with van der Waals surface area (Å²) < 4.78 is 0. The van der Waals surface area contributed by atoms with E-state index in [0.29, 0.717) is 0 Å². The SMILES string of the molecule is Cc1ccc(NCC(=O)N/N=C/c2ccc(/C=N/NC(=O)CNc3ccc(C)cc3)cc2)cc1. The summed E-state index contributed by atoms with van der Waals surface area (Å²) in [6.45, 7) is 4.27. The fraction of sp³-hybridized carbons (Fsp3) is 0.154. The average Bonchev–Trinajstić information content (AvgIpc) is 2.84. The van der Waals surface area contributed by atoms with Gasteiger partial charge in [-0.15, -0.1) is 0 Å². The summed E-state index contributed by atoms with van der Waals surface area (Å²) in [6, 6.07) is 22.9. The van der Waals surface area contributed by atoms with Gasteiger partial charge in [0.1, 0.15) is 0 Å². The van der Waals surface area contributed by atoms with Gasteiger partial charge in [0.2, 0.25) is 0 Å². The van der Waals surface area contributed by atoms with Gasteiger partial charge in [0.15, 0.2) is 0 Å². The van der Waals surface area contributed by atoms with Gasteiger partial charge in [-0.3, -0.25) is 9.59 Å². The highest BCUT2D eigenvalue weighted by Gasteiger charge is 2.00. The lowest BCUT2D eigenvalue weighted by Gasteiger charge is -2.05. The molecule has 0 aliphatic rings. The van der Waals surface area contributed by atoms with Crippen LogP contribution in [0, 0.1) is 13.8 Å². The standard InChI is InChI=1S/C26H28N6O2/c1-19-3-11-23(12-4-19)27-17-25(33)31-29-15-21-7-9-22(10-8-21)16-30-32-26(34)18-28-24-13-5-20(2)6-14-24/h3-16,27-28H,17-18H2,1-2H3,(H,31,33)(H,32,34)/b29-15+,30-16+. The Bertz CT molecular complexity index is 1040. The first-order valence-electron chi connectivity index (χ1n) is 10.8. The lowest BCUT2D eigenvalue weighted by molar-refractivity contribution is -0.120. The number of hydrazone groups is 2. The van der Waals surface area contributed by atoms with Crippen LogP contribution >= 0.6 is 0 Å². The molecular formula is C26H28N6O2. The van der Waals surface area contributed by atoms with Gasteiger partial charge in [-0.2, -0.15) is 10.2 Å². The maximum Gasteiger partial charge on any atom is 0.259 e. The van der Waals surface area contributed by atoms with Crippen molar-refractivity contribution in [1.82, 2.24) is 10.9 Å². The smallest absolute Gasteiger partial charge is 0.259 e. The molecule has 3 aromatic rings. The number of amides is 2. The van der Waals surface area contributed by atoms with Gasteiger partial charge in [0.05, 0.1) is 25.5 Å². The third-order valence-electron chi connectivity index (χ3n) is 4.75. The van der Waals surface area contributed by atoms with Gasteiger partial charge in [0, 0.05) is 11.4 Å². The second-order valence-corrected chi connectivity index (χ2v) is 7.69. The van der Waals surface area contributed by atoms with Gasteiger partial charge in [-0.05, 0) is 49.2 Å². The number of aryl methyl sites for hydroxylation is 2. The third-order valence-corrected chi connectivity index (χ3v) is 4.75. The van der Waals surface area contributed by atoms with Gasteiger partial charge in [-0.1, -0.05) is 59.7 Å². The van der Waals surface area contributed by atoms with Crippen molar-refractivity contribution < 1.29 is 9.59 Å². The van der Waals surface area contributed by atoms with Gasteiger partial charge < -0.3 is 10.6 Å². The molecule has 0 spiro atoms. The fourth-order valence-corrected chi connectivity index (χ4v) is 2.81. The van der Waals surface area contributed by atoms with E-state index in [4.69, 9.17) is 0 Å². The summed E-state index contributed by atoms with van der Waals surface area (Å²) in [5.41, 5.74) is 10.7. The number of nitrogens with one attached hydrogen (secondary N) is 4. The van der Waals surface area contributed by atoms with Crippen LogP contribution in [-0.4, -0.2) is 37.3 Å². The van der Waals surface area contributed by atoms with E-state index in [0.717, 1.165) is 33.6 Å². The molecule has 0 aromatic heterocycles. The van der Waals surface area contributed by atoms with Crippen LogP contribution in [0.4, 0.5) is 11.4 Å². The highest BCUT2D eigenvalue weighted by molar-refractivity contribution is 5.87. The molecule has 0 bridgehead atoms. The second kappa shape index (κ2) is 12.5. The molecule has 0 unspecified atom stereocenters. The van der Waals surface area contributed by atoms with Crippen LogP contribution in [0.5, 0.6) is 0 Å². The minimum Gasteiger partial charge on any atom is -0.376 e. The molecule has 0 aliphatic carbocycles. The lowest BCUT2D eigenvalue weighted by Crippen LogP contribution is -2.25. The van der Waals surface area contributed by atoms with Crippen LogP contribution in [0.1, 0.15) is 22.3 Å². The van der Waals surface area contributed by atoms with Gasteiger partial charge >= 0.3 is 0 Å². The van der Waals surface area contributed by atoms with Crippen LogP contribution in [0.25, 0.3) is 0 Å². The van der Waals surface area contributed by atoms with Crippen molar-refractivity contribution in [3.8, 4) is 0 Å². The lowest BCUT2D eigenvalue weighted by atomic mass is 10.2. The number of benzene rings is 3. The van der Waals surface area contributed by atoms with E-state index in [-0.39, 0.29) is 24.9 Å². The average molecular weight is 457 g/mol. The van der Waals surface area contributed by atoms with Crippen LogP contribution in [-0.2, 0) is 9.59 Å². The molecule has 174 valence electrons. The van der Waals surface area contributed by atoms with Crippen molar-refractivity contribution in [2.75, 3.05) is 23.7 Å². The summed E-state index contributed by atoms with van der Waals surface area (Å²) in [7, 11) is 0. The Labute approximate surface area is 199 Å². The monoisotopic (exact) mass is 456 g/mol. The number of hydrogen-bond acceptors (Lipinski definition) is 6. The molecule has 3 rings (SSSR count). The zero-order chi connectivity index (χ0) is 24.2. The number of carbonyl (C=O) groups excluding carboxylic acids is 2. The highest BCUT2D eigenvalue weighted by atomic mass is 16.2. The first-order valence-corrected chi connectivity index (χ1v) is 10.8. The van der Waals surface area contributed by atoms with Crippen molar-refractivity contribution in [2.24, 2.45) is 10.2 Å². The van der Waals surface area contributed by atoms with Crippen molar-refractivity contribution in [2.45, 2.75) is 13.8 Å². The maximum absolute atomic E-state index is 11.9. The van der Waals surface area contributed by atoms with E-state index in [1.165, 1.54) is 0 Å². The van der Waals surface area contributed by atoms with Crippen molar-refractivity contribution in [1.29, 1.82) is 0 Å². The zero-order valence-electron chi connectivity index (χ0n) is 19.2. The van der Waals surface area contributed by atoms with Crippen molar-refractivity contribution >= 4 is 35.6 Å². The molecule has 8 nitrogen and oxygen atoms in total. The maximum atomic E-state index is 11.9. The molecule has 0 fully saturated rings. The Morgan fingerprint density at radius 3 is 1.32 bits per heavy atom. The molecule has 34 heavy (non-hydrogen) atoms. The summed E-state index contributed by atoms with van der Waals surface area (Å²) in [6.07, 6.45) is 3.12. The largest absolute Gasteiger partial charge is 0.376 e. The van der Waals surface area contributed by atoms with E-state index >= 15 is 0 Å². The molecule has 0 aliphatic heterocycles. The number of hydrogen-bond donors (Lipinski definition) is 4. The minimum atomic E-state index is -0.242.